The van der Waals surface area contributed by atoms with Crippen LogP contribution in [0.4, 0.5) is 0 Å². The van der Waals surface area contributed by atoms with Crippen molar-refractivity contribution in [2.75, 3.05) is 19.6 Å². The fourth-order valence-electron chi connectivity index (χ4n) is 7.55. The Labute approximate surface area is 284 Å². The molecule has 1 unspecified atom stereocenters. The highest BCUT2D eigenvalue weighted by Crippen LogP contribution is 2.44. The zero-order valence-electron chi connectivity index (χ0n) is 28.4. The third kappa shape index (κ3) is 8.62. The van der Waals surface area contributed by atoms with Crippen LogP contribution in [0.15, 0.2) is 126 Å². The van der Waals surface area contributed by atoms with Crippen LogP contribution in [0.25, 0.3) is 0 Å². The summed E-state index contributed by atoms with van der Waals surface area (Å²) in [6.07, 6.45) is 14.9. The molecule has 4 aromatic rings. The average Bonchev–Trinajstić information content (AvgIpc) is 3.13. The molecule has 1 saturated heterocycles. The van der Waals surface area contributed by atoms with Gasteiger partial charge in [-0.1, -0.05) is 187 Å². The monoisotopic (exact) mass is 650 g/mol. The van der Waals surface area contributed by atoms with E-state index < -0.39 is 15.6 Å². The van der Waals surface area contributed by atoms with Crippen LogP contribution >= 0.6 is 0 Å². The van der Waals surface area contributed by atoms with Gasteiger partial charge < -0.3 is 0 Å². The molecule has 1 fully saturated rings. The molecule has 47 heavy (non-hydrogen) atoms. The van der Waals surface area contributed by atoms with Crippen LogP contribution in [0.2, 0.25) is 0 Å². The number of unbranched alkanes of at least 4 members (excludes halogenated alkanes) is 10. The Hall–Kier alpha value is -3.25. The van der Waals surface area contributed by atoms with Crippen LogP contribution in [-0.4, -0.2) is 43.3 Å². The molecule has 250 valence electrons. The second-order valence-electron chi connectivity index (χ2n) is 13.2. The van der Waals surface area contributed by atoms with Gasteiger partial charge in [-0.2, -0.15) is 4.31 Å². The molecule has 1 aliphatic heterocycles. The van der Waals surface area contributed by atoms with Crippen molar-refractivity contribution in [2.45, 2.75) is 100 Å². The number of rotatable bonds is 18. The van der Waals surface area contributed by atoms with Crippen molar-refractivity contribution >= 4 is 10.0 Å². The van der Waals surface area contributed by atoms with Crippen molar-refractivity contribution < 1.29 is 8.42 Å². The lowest BCUT2D eigenvalue weighted by atomic mass is 9.75. The zero-order valence-corrected chi connectivity index (χ0v) is 29.2. The average molecular weight is 651 g/mol. The molecule has 5 heteroatoms. The van der Waals surface area contributed by atoms with Crippen LogP contribution in [-0.2, 0) is 15.6 Å². The molecular formula is C42H54N2O2S. The fraction of sp³-hybridized carbons (Fsp3) is 0.429. The Morgan fingerprint density at radius 2 is 0.957 bits per heavy atom. The van der Waals surface area contributed by atoms with E-state index in [1.165, 1.54) is 74.5 Å². The van der Waals surface area contributed by atoms with Gasteiger partial charge in [-0.25, -0.2) is 8.42 Å². The maximum Gasteiger partial charge on any atom is 0.243 e. The first-order chi connectivity index (χ1) is 23.1. The molecule has 0 radical (unpaired) electrons. The third-order valence-electron chi connectivity index (χ3n) is 9.97. The molecule has 1 aliphatic rings. The predicted octanol–water partition coefficient (Wildman–Crippen LogP) is 10.1. The SMILES string of the molecule is CCCCCCCCCCCCCC1CN(C(c2ccccc2)(c2ccccc2)c2ccccc2)CCN1S(=O)(=O)c1ccccc1. The second-order valence-corrected chi connectivity index (χ2v) is 15.1. The summed E-state index contributed by atoms with van der Waals surface area (Å²) >= 11 is 0. The minimum atomic E-state index is -3.63. The second kappa shape index (κ2) is 17.8. The Bertz CT molecular complexity index is 1450. The molecule has 0 aromatic heterocycles. The number of hydrogen-bond acceptors (Lipinski definition) is 3. The largest absolute Gasteiger partial charge is 0.283 e. The van der Waals surface area contributed by atoms with E-state index in [2.05, 4.69) is 103 Å². The highest BCUT2D eigenvalue weighted by atomic mass is 32.2. The van der Waals surface area contributed by atoms with E-state index in [9.17, 15) is 8.42 Å². The van der Waals surface area contributed by atoms with Gasteiger partial charge in [0.05, 0.1) is 10.4 Å². The Morgan fingerprint density at radius 1 is 0.553 bits per heavy atom. The van der Waals surface area contributed by atoms with E-state index in [1.54, 1.807) is 12.1 Å². The summed E-state index contributed by atoms with van der Waals surface area (Å²) in [5.74, 6) is 0. The summed E-state index contributed by atoms with van der Waals surface area (Å²) in [5, 5.41) is 0. The number of nitrogens with zero attached hydrogens (tertiary/aromatic N) is 2. The molecular weight excluding hydrogens is 597 g/mol. The third-order valence-corrected chi connectivity index (χ3v) is 11.9. The van der Waals surface area contributed by atoms with E-state index in [1.807, 2.05) is 22.5 Å². The van der Waals surface area contributed by atoms with Crippen molar-refractivity contribution in [1.82, 2.24) is 9.21 Å². The van der Waals surface area contributed by atoms with E-state index in [4.69, 9.17) is 0 Å². The first-order valence-electron chi connectivity index (χ1n) is 18.1. The molecule has 4 nitrogen and oxygen atoms in total. The Morgan fingerprint density at radius 3 is 1.40 bits per heavy atom. The van der Waals surface area contributed by atoms with E-state index in [0.29, 0.717) is 24.5 Å². The zero-order chi connectivity index (χ0) is 32.8. The fourth-order valence-corrected chi connectivity index (χ4v) is 9.21. The number of benzene rings is 4. The summed E-state index contributed by atoms with van der Waals surface area (Å²) < 4.78 is 30.2. The molecule has 1 heterocycles. The standard InChI is InChI=1S/C42H54N2O2S/c1-2-3-4-5-6-7-8-9-10-11-22-31-40-36-43(34-35-44(40)47(45,46)41-32-23-15-24-33-41)42(37-25-16-12-17-26-37,38-27-18-13-19-28-38)39-29-20-14-21-30-39/h12-21,23-30,32-33,40H,2-11,22,31,34-36H2,1H3. The molecule has 1 atom stereocenters. The lowest BCUT2D eigenvalue weighted by Crippen LogP contribution is -2.61. The minimum absolute atomic E-state index is 0.122. The van der Waals surface area contributed by atoms with Crippen LogP contribution in [0.1, 0.15) is 101 Å². The maximum atomic E-state index is 14.2. The van der Waals surface area contributed by atoms with E-state index in [-0.39, 0.29) is 6.04 Å². The first-order valence-corrected chi connectivity index (χ1v) is 19.5. The lowest BCUT2D eigenvalue weighted by Gasteiger charge is -2.51. The summed E-state index contributed by atoms with van der Waals surface area (Å²) in [6.45, 7) is 4.00. The van der Waals surface area contributed by atoms with Crippen molar-refractivity contribution in [2.24, 2.45) is 0 Å². The van der Waals surface area contributed by atoms with Gasteiger partial charge in [0.15, 0.2) is 0 Å². The summed E-state index contributed by atoms with van der Waals surface area (Å²) in [7, 11) is -3.63. The molecule has 0 bridgehead atoms. The molecule has 0 spiro atoms. The van der Waals surface area contributed by atoms with Crippen LogP contribution in [0.5, 0.6) is 0 Å². The van der Waals surface area contributed by atoms with Gasteiger partial charge in [-0.05, 0) is 35.2 Å². The predicted molar refractivity (Wildman–Crippen MR) is 196 cm³/mol. The summed E-state index contributed by atoms with van der Waals surface area (Å²) in [6, 6.07) is 41.2. The van der Waals surface area contributed by atoms with Gasteiger partial charge >= 0.3 is 0 Å². The quantitative estimate of drug-likeness (QED) is 0.0795. The normalized spacial score (nSPS) is 16.3. The van der Waals surface area contributed by atoms with Crippen molar-refractivity contribution in [3.05, 3.63) is 138 Å². The summed E-state index contributed by atoms with van der Waals surface area (Å²) in [4.78, 5) is 2.95. The van der Waals surface area contributed by atoms with Crippen LogP contribution in [0, 0.1) is 0 Å². The smallest absolute Gasteiger partial charge is 0.243 e. The molecule has 4 aromatic carbocycles. The Kier molecular flexibility index (Phi) is 13.3. The van der Waals surface area contributed by atoms with Gasteiger partial charge in [-0.3, -0.25) is 4.90 Å². The van der Waals surface area contributed by atoms with Gasteiger partial charge in [0.1, 0.15) is 0 Å². The van der Waals surface area contributed by atoms with Gasteiger partial charge in [0, 0.05) is 25.7 Å². The molecule has 0 saturated carbocycles. The molecule has 0 amide bonds. The summed E-state index contributed by atoms with van der Waals surface area (Å²) in [5.41, 5.74) is 3.04. The molecule has 0 aliphatic carbocycles. The van der Waals surface area contributed by atoms with E-state index >= 15 is 0 Å². The highest BCUT2D eigenvalue weighted by Gasteiger charge is 2.47. The van der Waals surface area contributed by atoms with Gasteiger partial charge in [0.25, 0.3) is 0 Å². The molecule has 5 rings (SSSR count). The van der Waals surface area contributed by atoms with Gasteiger partial charge in [0.2, 0.25) is 10.0 Å². The minimum Gasteiger partial charge on any atom is -0.283 e. The molecule has 0 N–H and O–H groups in total. The number of sulfonamides is 1. The lowest BCUT2D eigenvalue weighted by molar-refractivity contribution is 0.0664. The van der Waals surface area contributed by atoms with E-state index in [0.717, 1.165) is 19.3 Å². The maximum absolute atomic E-state index is 14.2. The van der Waals surface area contributed by atoms with Crippen molar-refractivity contribution in [3.8, 4) is 0 Å². The number of piperazine rings is 1. The topological polar surface area (TPSA) is 40.6 Å². The van der Waals surface area contributed by atoms with Crippen LogP contribution in [0.3, 0.4) is 0 Å². The number of hydrogen-bond donors (Lipinski definition) is 0. The Balaban J connectivity index is 1.40. The van der Waals surface area contributed by atoms with Crippen LogP contribution < -0.4 is 0 Å². The van der Waals surface area contributed by atoms with Gasteiger partial charge in [-0.15, -0.1) is 0 Å². The highest BCUT2D eigenvalue weighted by molar-refractivity contribution is 7.89. The van der Waals surface area contributed by atoms with Crippen molar-refractivity contribution in [1.29, 1.82) is 0 Å². The first kappa shape index (κ1) is 35.1. The van der Waals surface area contributed by atoms with Crippen molar-refractivity contribution in [3.63, 3.8) is 0 Å².